The molecule has 2 N–H and O–H groups in total. The third kappa shape index (κ3) is 6.61. The van der Waals surface area contributed by atoms with Gasteiger partial charge in [0.25, 0.3) is 0 Å². The Hall–Kier alpha value is -3.26. The molecule has 1 aromatic heterocycles. The van der Waals surface area contributed by atoms with E-state index in [4.69, 9.17) is 0 Å². The molecule has 0 aliphatic heterocycles. The minimum absolute atomic E-state index is 0.371. The van der Waals surface area contributed by atoms with Gasteiger partial charge in [-0.3, -0.25) is 10.3 Å². The fourth-order valence-corrected chi connectivity index (χ4v) is 3.52. The normalized spacial score (nSPS) is 13.4. The molecule has 0 amide bonds. The SMILES string of the molecule is C=C(NC)[C@H](N[C@@H](CCc1ccc(C(F)(F)F)nc1)c1cccc(F)c1)c1ccc(F)cc1. The first-order valence-electron chi connectivity index (χ1n) is 10.3. The predicted molar refractivity (Wildman–Crippen MR) is 117 cm³/mol. The smallest absolute Gasteiger partial charge is 0.390 e. The first-order valence-corrected chi connectivity index (χ1v) is 10.3. The highest BCUT2D eigenvalue weighted by molar-refractivity contribution is 5.29. The summed E-state index contributed by atoms with van der Waals surface area (Å²) in [4.78, 5) is 3.51. The molecular formula is C25H24F5N3. The van der Waals surface area contributed by atoms with Crippen molar-refractivity contribution >= 4 is 0 Å². The molecule has 8 heteroatoms. The van der Waals surface area contributed by atoms with Crippen LogP contribution in [0.1, 0.15) is 40.9 Å². The van der Waals surface area contributed by atoms with Gasteiger partial charge >= 0.3 is 6.18 Å². The molecule has 33 heavy (non-hydrogen) atoms. The number of halogens is 5. The fourth-order valence-electron chi connectivity index (χ4n) is 3.52. The Morgan fingerprint density at radius 2 is 1.70 bits per heavy atom. The molecule has 0 radical (unpaired) electrons. The van der Waals surface area contributed by atoms with Gasteiger partial charge in [0.2, 0.25) is 0 Å². The molecule has 0 bridgehead atoms. The Balaban J connectivity index is 1.85. The lowest BCUT2D eigenvalue weighted by atomic mass is 9.96. The van der Waals surface area contributed by atoms with Crippen LogP contribution >= 0.6 is 0 Å². The van der Waals surface area contributed by atoms with Crippen molar-refractivity contribution in [3.63, 3.8) is 0 Å². The van der Waals surface area contributed by atoms with E-state index in [-0.39, 0.29) is 11.9 Å². The van der Waals surface area contributed by atoms with Crippen LogP contribution in [0.5, 0.6) is 0 Å². The highest BCUT2D eigenvalue weighted by Crippen LogP contribution is 2.29. The van der Waals surface area contributed by atoms with Gasteiger partial charge in [0.05, 0.1) is 6.04 Å². The van der Waals surface area contributed by atoms with Gasteiger partial charge in [0, 0.05) is 25.0 Å². The molecule has 3 rings (SSSR count). The van der Waals surface area contributed by atoms with Crippen LogP contribution in [-0.4, -0.2) is 12.0 Å². The zero-order valence-corrected chi connectivity index (χ0v) is 18.0. The second-order valence-electron chi connectivity index (χ2n) is 7.62. The molecule has 3 nitrogen and oxygen atoms in total. The molecule has 0 aliphatic carbocycles. The molecule has 174 valence electrons. The molecule has 0 fully saturated rings. The topological polar surface area (TPSA) is 37.0 Å². The summed E-state index contributed by atoms with van der Waals surface area (Å²) >= 11 is 0. The molecule has 0 spiro atoms. The molecule has 2 aromatic carbocycles. The summed E-state index contributed by atoms with van der Waals surface area (Å²) < 4.78 is 65.8. The molecule has 2 atom stereocenters. The van der Waals surface area contributed by atoms with Crippen LogP contribution in [0.3, 0.4) is 0 Å². The summed E-state index contributed by atoms with van der Waals surface area (Å²) in [5, 5.41) is 6.44. The Morgan fingerprint density at radius 3 is 2.27 bits per heavy atom. The number of nitrogens with zero attached hydrogens (tertiary/aromatic N) is 1. The zero-order chi connectivity index (χ0) is 24.0. The summed E-state index contributed by atoms with van der Waals surface area (Å²) in [6, 6.07) is 13.6. The highest BCUT2D eigenvalue weighted by atomic mass is 19.4. The van der Waals surface area contributed by atoms with E-state index in [9.17, 15) is 22.0 Å². The minimum Gasteiger partial charge on any atom is -0.390 e. The van der Waals surface area contributed by atoms with Crippen LogP contribution in [0.4, 0.5) is 22.0 Å². The number of pyridine rings is 1. The second-order valence-corrected chi connectivity index (χ2v) is 7.62. The Kier molecular flexibility index (Phi) is 7.81. The molecule has 0 saturated carbocycles. The van der Waals surface area contributed by atoms with Gasteiger partial charge < -0.3 is 5.32 Å². The van der Waals surface area contributed by atoms with Gasteiger partial charge in [0.15, 0.2) is 0 Å². The Bertz CT molecular complexity index is 1060. The van der Waals surface area contributed by atoms with Gasteiger partial charge in [0.1, 0.15) is 17.3 Å². The molecule has 0 unspecified atom stereocenters. The van der Waals surface area contributed by atoms with Gasteiger partial charge in [-0.2, -0.15) is 13.2 Å². The lowest BCUT2D eigenvalue weighted by molar-refractivity contribution is -0.141. The van der Waals surface area contributed by atoms with E-state index in [1.807, 2.05) is 0 Å². The number of benzene rings is 2. The van der Waals surface area contributed by atoms with Crippen molar-refractivity contribution < 1.29 is 22.0 Å². The minimum atomic E-state index is -4.50. The van der Waals surface area contributed by atoms with Crippen LogP contribution in [0.25, 0.3) is 0 Å². The maximum absolute atomic E-state index is 14.0. The highest BCUT2D eigenvalue weighted by Gasteiger charge is 2.32. The largest absolute Gasteiger partial charge is 0.433 e. The van der Waals surface area contributed by atoms with Crippen LogP contribution in [0.2, 0.25) is 0 Å². The predicted octanol–water partition coefficient (Wildman–Crippen LogP) is 6.12. The van der Waals surface area contributed by atoms with Crippen LogP contribution in [0, 0.1) is 11.6 Å². The number of hydrogen-bond acceptors (Lipinski definition) is 3. The third-order valence-electron chi connectivity index (χ3n) is 5.33. The summed E-state index contributed by atoms with van der Waals surface area (Å²) in [6.07, 6.45) is -2.44. The molecule has 0 saturated heterocycles. The number of nitrogens with one attached hydrogen (secondary N) is 2. The Morgan fingerprint density at radius 1 is 0.970 bits per heavy atom. The van der Waals surface area contributed by atoms with Gasteiger partial charge in [-0.05, 0) is 59.9 Å². The summed E-state index contributed by atoms with van der Waals surface area (Å²) in [6.45, 7) is 4.03. The zero-order valence-electron chi connectivity index (χ0n) is 18.0. The lowest BCUT2D eigenvalue weighted by Crippen LogP contribution is -2.31. The molecule has 1 heterocycles. The molecule has 0 aliphatic rings. The van der Waals surface area contributed by atoms with E-state index in [1.54, 1.807) is 31.3 Å². The summed E-state index contributed by atoms with van der Waals surface area (Å²) in [5.74, 6) is -0.773. The lowest BCUT2D eigenvalue weighted by Gasteiger charge is -2.28. The summed E-state index contributed by atoms with van der Waals surface area (Å²) in [7, 11) is 1.71. The maximum atomic E-state index is 14.0. The number of hydrogen-bond donors (Lipinski definition) is 2. The van der Waals surface area contributed by atoms with E-state index in [0.29, 0.717) is 29.7 Å². The second kappa shape index (κ2) is 10.6. The van der Waals surface area contributed by atoms with E-state index >= 15 is 0 Å². The van der Waals surface area contributed by atoms with E-state index in [2.05, 4.69) is 22.2 Å². The van der Waals surface area contributed by atoms with Crippen LogP contribution < -0.4 is 10.6 Å². The van der Waals surface area contributed by atoms with Crippen molar-refractivity contribution in [3.8, 4) is 0 Å². The van der Waals surface area contributed by atoms with Crippen molar-refractivity contribution in [2.24, 2.45) is 0 Å². The summed E-state index contributed by atoms with van der Waals surface area (Å²) in [5.41, 5.74) is 1.73. The Labute approximate surface area is 189 Å². The number of rotatable bonds is 9. The third-order valence-corrected chi connectivity index (χ3v) is 5.33. The molecular weight excluding hydrogens is 437 g/mol. The van der Waals surface area contributed by atoms with Crippen LogP contribution in [-0.2, 0) is 12.6 Å². The first-order chi connectivity index (χ1) is 15.7. The van der Waals surface area contributed by atoms with Gasteiger partial charge in [-0.15, -0.1) is 0 Å². The standard InChI is InChI=1S/C25H24F5N3/c1-16(31-2)24(18-8-10-20(26)11-9-18)33-22(19-4-3-5-21(27)14-19)12-6-17-7-13-23(32-15-17)25(28,29)30/h3-5,7-11,13-15,22,24,31,33H,1,6,12H2,2H3/t22-,24-/m0/s1. The van der Waals surface area contributed by atoms with Crippen molar-refractivity contribution in [3.05, 3.63) is 113 Å². The average molecular weight is 461 g/mol. The number of alkyl halides is 3. The van der Waals surface area contributed by atoms with E-state index < -0.39 is 23.7 Å². The van der Waals surface area contributed by atoms with Crippen molar-refractivity contribution in [2.75, 3.05) is 7.05 Å². The maximum Gasteiger partial charge on any atom is 0.433 e. The van der Waals surface area contributed by atoms with Crippen molar-refractivity contribution in [1.82, 2.24) is 15.6 Å². The number of likely N-dealkylation sites (N-methyl/N-ethyl adjacent to an activating group) is 1. The average Bonchev–Trinajstić information content (AvgIpc) is 2.79. The first kappa shape index (κ1) is 24.4. The fraction of sp³-hybridized carbons (Fsp3) is 0.240. The van der Waals surface area contributed by atoms with E-state index in [0.717, 1.165) is 11.6 Å². The van der Waals surface area contributed by atoms with Crippen molar-refractivity contribution in [2.45, 2.75) is 31.1 Å². The van der Waals surface area contributed by atoms with E-state index in [1.165, 1.54) is 36.5 Å². The number of aromatic nitrogens is 1. The van der Waals surface area contributed by atoms with Crippen molar-refractivity contribution in [1.29, 1.82) is 0 Å². The number of aryl methyl sites for hydroxylation is 1. The van der Waals surface area contributed by atoms with Gasteiger partial charge in [-0.25, -0.2) is 8.78 Å². The quantitative estimate of drug-likeness (QED) is 0.377. The van der Waals surface area contributed by atoms with Crippen LogP contribution in [0.15, 0.2) is 79.1 Å². The van der Waals surface area contributed by atoms with Gasteiger partial charge in [-0.1, -0.05) is 36.9 Å². The monoisotopic (exact) mass is 461 g/mol. The molecule has 3 aromatic rings.